The molecule has 0 fully saturated rings. The summed E-state index contributed by atoms with van der Waals surface area (Å²) in [5.74, 6) is -0.266. The van der Waals surface area contributed by atoms with Crippen LogP contribution in [-0.4, -0.2) is 37.3 Å². The van der Waals surface area contributed by atoms with Gasteiger partial charge in [-0.3, -0.25) is 4.79 Å². The molecule has 1 aromatic heterocycles. The molecule has 0 unspecified atom stereocenters. The van der Waals surface area contributed by atoms with Gasteiger partial charge in [-0.25, -0.2) is 4.98 Å². The molecule has 112 valence electrons. The molecular weight excluding hydrogens is 275 g/mol. The van der Waals surface area contributed by atoms with Crippen LogP contribution in [0.15, 0.2) is 18.3 Å². The van der Waals surface area contributed by atoms with Crippen molar-refractivity contribution in [2.45, 2.75) is 19.1 Å². The Kier molecular flexibility index (Phi) is 6.23. The van der Waals surface area contributed by atoms with Crippen LogP contribution in [0.1, 0.15) is 12.0 Å². The maximum atomic E-state index is 12.0. The van der Waals surface area contributed by atoms with Gasteiger partial charge < -0.3 is 15.4 Å². The SMILES string of the molecule is CNCCC(=O)NCc1ccnc(OCC(F)(F)F)c1. The molecule has 0 atom stereocenters. The van der Waals surface area contributed by atoms with Crippen LogP contribution in [0.5, 0.6) is 5.88 Å². The number of alkyl halides is 3. The molecule has 1 amide bonds. The summed E-state index contributed by atoms with van der Waals surface area (Å²) in [6, 6.07) is 2.96. The molecule has 0 saturated heterocycles. The summed E-state index contributed by atoms with van der Waals surface area (Å²) in [5.41, 5.74) is 0.620. The Morgan fingerprint density at radius 1 is 1.45 bits per heavy atom. The predicted molar refractivity (Wildman–Crippen MR) is 66.2 cm³/mol. The second-order valence-corrected chi connectivity index (χ2v) is 4.04. The van der Waals surface area contributed by atoms with Crippen LogP contribution in [-0.2, 0) is 11.3 Å². The lowest BCUT2D eigenvalue weighted by atomic mass is 10.2. The van der Waals surface area contributed by atoms with E-state index in [0.29, 0.717) is 18.5 Å². The molecule has 0 aliphatic rings. The molecule has 0 aliphatic heterocycles. The number of carbonyl (C=O) groups is 1. The fourth-order valence-corrected chi connectivity index (χ4v) is 1.32. The highest BCUT2D eigenvalue weighted by Gasteiger charge is 2.28. The molecule has 1 rings (SSSR count). The van der Waals surface area contributed by atoms with Gasteiger partial charge in [0.1, 0.15) is 0 Å². The van der Waals surface area contributed by atoms with E-state index >= 15 is 0 Å². The fourth-order valence-electron chi connectivity index (χ4n) is 1.32. The van der Waals surface area contributed by atoms with E-state index in [0.717, 1.165) is 0 Å². The first-order valence-electron chi connectivity index (χ1n) is 5.96. The van der Waals surface area contributed by atoms with E-state index in [1.807, 2.05) is 0 Å². The van der Waals surface area contributed by atoms with Crippen LogP contribution >= 0.6 is 0 Å². The Morgan fingerprint density at radius 3 is 2.85 bits per heavy atom. The Bertz CT molecular complexity index is 438. The molecule has 2 N–H and O–H groups in total. The number of nitrogens with zero attached hydrogens (tertiary/aromatic N) is 1. The third kappa shape index (κ3) is 6.93. The van der Waals surface area contributed by atoms with Gasteiger partial charge in [-0.1, -0.05) is 0 Å². The number of rotatable bonds is 7. The van der Waals surface area contributed by atoms with Crippen molar-refractivity contribution >= 4 is 5.91 Å². The van der Waals surface area contributed by atoms with Gasteiger partial charge in [0.15, 0.2) is 6.61 Å². The van der Waals surface area contributed by atoms with Crippen molar-refractivity contribution in [1.82, 2.24) is 15.6 Å². The van der Waals surface area contributed by atoms with E-state index in [9.17, 15) is 18.0 Å². The van der Waals surface area contributed by atoms with Gasteiger partial charge in [-0.2, -0.15) is 13.2 Å². The number of pyridine rings is 1. The summed E-state index contributed by atoms with van der Waals surface area (Å²) in [4.78, 5) is 15.0. The van der Waals surface area contributed by atoms with E-state index in [1.165, 1.54) is 12.3 Å². The second-order valence-electron chi connectivity index (χ2n) is 4.04. The molecule has 0 spiro atoms. The zero-order valence-electron chi connectivity index (χ0n) is 11.0. The van der Waals surface area contributed by atoms with Gasteiger partial charge >= 0.3 is 6.18 Å². The largest absolute Gasteiger partial charge is 0.468 e. The lowest BCUT2D eigenvalue weighted by Crippen LogP contribution is -2.26. The maximum absolute atomic E-state index is 12.0. The highest BCUT2D eigenvalue weighted by atomic mass is 19.4. The number of hydrogen-bond donors (Lipinski definition) is 2. The van der Waals surface area contributed by atoms with Crippen molar-refractivity contribution in [1.29, 1.82) is 0 Å². The number of ether oxygens (including phenoxy) is 1. The van der Waals surface area contributed by atoms with Crippen molar-refractivity contribution in [2.24, 2.45) is 0 Å². The lowest BCUT2D eigenvalue weighted by molar-refractivity contribution is -0.154. The van der Waals surface area contributed by atoms with Crippen molar-refractivity contribution < 1.29 is 22.7 Å². The number of halogens is 3. The molecule has 1 aromatic rings. The number of carbonyl (C=O) groups excluding carboxylic acids is 1. The average Bonchev–Trinajstić information content (AvgIpc) is 2.40. The normalized spacial score (nSPS) is 11.2. The molecule has 0 aromatic carbocycles. The molecule has 8 heteroatoms. The summed E-state index contributed by atoms with van der Waals surface area (Å²) < 4.78 is 40.5. The Hall–Kier alpha value is -1.83. The van der Waals surface area contributed by atoms with E-state index in [2.05, 4.69) is 20.4 Å². The van der Waals surface area contributed by atoms with Crippen LogP contribution < -0.4 is 15.4 Å². The minimum absolute atomic E-state index is 0.121. The second kappa shape index (κ2) is 7.68. The lowest BCUT2D eigenvalue weighted by Gasteiger charge is -2.09. The smallest absolute Gasteiger partial charge is 0.422 e. The molecule has 0 bridgehead atoms. The monoisotopic (exact) mass is 291 g/mol. The topological polar surface area (TPSA) is 63.2 Å². The van der Waals surface area contributed by atoms with Crippen LogP contribution in [0.25, 0.3) is 0 Å². The average molecular weight is 291 g/mol. The Balaban J connectivity index is 2.45. The van der Waals surface area contributed by atoms with Crippen molar-refractivity contribution in [3.8, 4) is 5.88 Å². The van der Waals surface area contributed by atoms with Crippen molar-refractivity contribution in [3.05, 3.63) is 23.9 Å². The first-order chi connectivity index (χ1) is 9.40. The molecule has 0 radical (unpaired) electrons. The minimum atomic E-state index is -4.40. The van der Waals surface area contributed by atoms with Gasteiger partial charge in [0, 0.05) is 31.8 Å². The molecular formula is C12H16F3N3O2. The first kappa shape index (κ1) is 16.2. The third-order valence-electron chi connectivity index (χ3n) is 2.27. The van der Waals surface area contributed by atoms with Crippen LogP contribution in [0.3, 0.4) is 0 Å². The van der Waals surface area contributed by atoms with Crippen molar-refractivity contribution in [2.75, 3.05) is 20.2 Å². The molecule has 5 nitrogen and oxygen atoms in total. The van der Waals surface area contributed by atoms with E-state index in [1.54, 1.807) is 13.1 Å². The predicted octanol–water partition coefficient (Wildman–Crippen LogP) is 1.25. The van der Waals surface area contributed by atoms with Gasteiger partial charge in [0.25, 0.3) is 0 Å². The van der Waals surface area contributed by atoms with Crippen LogP contribution in [0, 0.1) is 0 Å². The quantitative estimate of drug-likeness (QED) is 0.793. The van der Waals surface area contributed by atoms with Gasteiger partial charge in [-0.05, 0) is 18.7 Å². The van der Waals surface area contributed by atoms with Crippen molar-refractivity contribution in [3.63, 3.8) is 0 Å². The Labute approximate surface area is 114 Å². The van der Waals surface area contributed by atoms with E-state index < -0.39 is 12.8 Å². The summed E-state index contributed by atoms with van der Waals surface area (Å²) >= 11 is 0. The molecule has 0 aliphatic carbocycles. The highest BCUT2D eigenvalue weighted by Crippen LogP contribution is 2.17. The van der Waals surface area contributed by atoms with E-state index in [4.69, 9.17) is 0 Å². The Morgan fingerprint density at radius 2 is 2.20 bits per heavy atom. The first-order valence-corrected chi connectivity index (χ1v) is 5.96. The molecule has 1 heterocycles. The third-order valence-corrected chi connectivity index (χ3v) is 2.27. The summed E-state index contributed by atoms with van der Waals surface area (Å²) in [6.07, 6.45) is -2.74. The zero-order chi connectivity index (χ0) is 15.0. The summed E-state index contributed by atoms with van der Waals surface area (Å²) in [7, 11) is 1.74. The zero-order valence-corrected chi connectivity index (χ0v) is 11.0. The van der Waals surface area contributed by atoms with Gasteiger partial charge in [0.05, 0.1) is 0 Å². The van der Waals surface area contributed by atoms with Gasteiger partial charge in [0.2, 0.25) is 11.8 Å². The molecule has 20 heavy (non-hydrogen) atoms. The van der Waals surface area contributed by atoms with Gasteiger partial charge in [-0.15, -0.1) is 0 Å². The highest BCUT2D eigenvalue weighted by molar-refractivity contribution is 5.76. The summed E-state index contributed by atoms with van der Waals surface area (Å²) in [6.45, 7) is -0.618. The maximum Gasteiger partial charge on any atom is 0.422 e. The number of aromatic nitrogens is 1. The minimum Gasteiger partial charge on any atom is -0.468 e. The van der Waals surface area contributed by atoms with Crippen LogP contribution in [0.2, 0.25) is 0 Å². The van der Waals surface area contributed by atoms with Crippen LogP contribution in [0.4, 0.5) is 13.2 Å². The van der Waals surface area contributed by atoms with E-state index in [-0.39, 0.29) is 18.3 Å². The fraction of sp³-hybridized carbons (Fsp3) is 0.500. The molecule has 0 saturated carbocycles. The number of nitrogens with one attached hydrogen (secondary N) is 2. The number of hydrogen-bond acceptors (Lipinski definition) is 4. The number of amides is 1. The summed E-state index contributed by atoms with van der Waals surface area (Å²) in [5, 5.41) is 5.49. The standard InChI is InChI=1S/C12H16F3N3O2/c1-16-4-3-10(19)18-7-9-2-5-17-11(6-9)20-8-12(13,14)15/h2,5-6,16H,3-4,7-8H2,1H3,(H,18,19).